The van der Waals surface area contributed by atoms with E-state index in [1.807, 2.05) is 24.3 Å². The summed E-state index contributed by atoms with van der Waals surface area (Å²) >= 11 is 26.9. The van der Waals surface area contributed by atoms with Crippen molar-refractivity contribution in [2.75, 3.05) is 0 Å². The summed E-state index contributed by atoms with van der Waals surface area (Å²) in [4.78, 5) is 0.995. The molecule has 6 heteroatoms. The largest absolute Gasteiger partial charge is 0.130 e. The van der Waals surface area contributed by atoms with Crippen LogP contribution in [0, 0.1) is 0 Å². The molecule has 0 bridgehead atoms. The molecule has 0 aliphatic rings. The van der Waals surface area contributed by atoms with Crippen molar-refractivity contribution >= 4 is 78.0 Å². The highest BCUT2D eigenvalue weighted by Gasteiger charge is 2.20. The van der Waals surface area contributed by atoms with E-state index in [0.29, 0.717) is 15.1 Å². The third-order valence-electron chi connectivity index (χ3n) is 2.17. The number of hydrogen-bond donors (Lipinski definition) is 0. The maximum atomic E-state index is 6.17. The monoisotopic (exact) mass is 432 g/mol. The van der Waals surface area contributed by atoms with E-state index >= 15 is 0 Å². The Morgan fingerprint density at radius 2 is 1.65 bits per heavy atom. The van der Waals surface area contributed by atoms with Crippen LogP contribution in [0.1, 0.15) is 15.3 Å². The molecule has 1 atom stereocenters. The summed E-state index contributed by atoms with van der Waals surface area (Å²) in [7, 11) is 0. The Morgan fingerprint density at radius 1 is 1.06 bits per heavy atom. The van der Waals surface area contributed by atoms with Crippen molar-refractivity contribution in [2.24, 2.45) is 0 Å². The first-order valence-electron chi connectivity index (χ1n) is 4.53. The van der Waals surface area contributed by atoms with Gasteiger partial charge in [-0.25, -0.2) is 0 Å². The Hall–Kier alpha value is 0.750. The minimum atomic E-state index is -0.0579. The SMILES string of the molecule is Clc1cc(C(Br)c2c(Cl)cccc2Cl)sc1Br. The molecule has 90 valence electrons. The Balaban J connectivity index is 2.47. The fourth-order valence-corrected chi connectivity index (χ4v) is 4.90. The van der Waals surface area contributed by atoms with Gasteiger partial charge in [0.1, 0.15) is 0 Å². The van der Waals surface area contributed by atoms with Crippen molar-refractivity contribution in [2.45, 2.75) is 4.83 Å². The van der Waals surface area contributed by atoms with Gasteiger partial charge in [-0.3, -0.25) is 0 Å². The first kappa shape index (κ1) is 14.2. The van der Waals surface area contributed by atoms with Gasteiger partial charge in [-0.1, -0.05) is 56.8 Å². The van der Waals surface area contributed by atoms with Crippen LogP contribution in [0.4, 0.5) is 0 Å². The van der Waals surface area contributed by atoms with Gasteiger partial charge >= 0.3 is 0 Å². The van der Waals surface area contributed by atoms with Crippen LogP contribution in [-0.2, 0) is 0 Å². The number of hydrogen-bond acceptors (Lipinski definition) is 1. The lowest BCUT2D eigenvalue weighted by atomic mass is 10.1. The second-order valence-corrected chi connectivity index (χ2v) is 7.81. The first-order chi connectivity index (χ1) is 8.00. The highest BCUT2D eigenvalue weighted by molar-refractivity contribution is 9.11. The average Bonchev–Trinajstić information content (AvgIpc) is 2.59. The molecule has 0 spiro atoms. The Morgan fingerprint density at radius 3 is 2.12 bits per heavy atom. The lowest BCUT2D eigenvalue weighted by Gasteiger charge is -2.12. The summed E-state index contributed by atoms with van der Waals surface area (Å²) in [6.07, 6.45) is 0. The minimum absolute atomic E-state index is 0.0579. The van der Waals surface area contributed by atoms with E-state index in [-0.39, 0.29) is 4.83 Å². The van der Waals surface area contributed by atoms with Gasteiger partial charge in [0.15, 0.2) is 0 Å². The summed E-state index contributed by atoms with van der Waals surface area (Å²) in [6.45, 7) is 0. The van der Waals surface area contributed by atoms with E-state index in [9.17, 15) is 0 Å². The van der Waals surface area contributed by atoms with E-state index in [2.05, 4.69) is 31.9 Å². The fourth-order valence-electron chi connectivity index (χ4n) is 1.38. The fraction of sp³-hybridized carbons (Fsp3) is 0.0909. The average molecular weight is 435 g/mol. The molecule has 1 aromatic carbocycles. The van der Waals surface area contributed by atoms with Crippen LogP contribution in [0.15, 0.2) is 28.1 Å². The minimum Gasteiger partial charge on any atom is -0.130 e. The van der Waals surface area contributed by atoms with Gasteiger partial charge in [-0.15, -0.1) is 11.3 Å². The van der Waals surface area contributed by atoms with Crippen molar-refractivity contribution < 1.29 is 0 Å². The number of alkyl halides is 1. The molecule has 0 fully saturated rings. The Labute approximate surface area is 135 Å². The predicted octanol–water partition coefficient (Wildman–Crippen LogP) is 6.96. The second-order valence-electron chi connectivity index (χ2n) is 3.27. The molecule has 1 heterocycles. The Bertz CT molecular complexity index is 514. The molecular weight excluding hydrogens is 430 g/mol. The molecule has 1 aromatic heterocycles. The predicted molar refractivity (Wildman–Crippen MR) is 84.3 cm³/mol. The van der Waals surface area contributed by atoms with Gasteiger partial charge in [0, 0.05) is 20.5 Å². The summed E-state index contributed by atoms with van der Waals surface area (Å²) in [6, 6.07) is 7.36. The lowest BCUT2D eigenvalue weighted by Crippen LogP contribution is -1.92. The van der Waals surface area contributed by atoms with Crippen molar-refractivity contribution in [3.05, 3.63) is 53.6 Å². The zero-order valence-electron chi connectivity index (χ0n) is 8.18. The lowest BCUT2D eigenvalue weighted by molar-refractivity contribution is 1.23. The van der Waals surface area contributed by atoms with Crippen molar-refractivity contribution in [1.82, 2.24) is 0 Å². The van der Waals surface area contributed by atoms with Gasteiger partial charge in [-0.05, 0) is 34.1 Å². The molecule has 2 aromatic rings. The highest BCUT2D eigenvalue weighted by Crippen LogP contribution is 2.45. The van der Waals surface area contributed by atoms with E-state index in [1.165, 1.54) is 0 Å². The van der Waals surface area contributed by atoms with Crippen LogP contribution >= 0.6 is 78.0 Å². The molecule has 0 N–H and O–H groups in total. The summed E-state index contributed by atoms with van der Waals surface area (Å²) in [5.41, 5.74) is 0.862. The second kappa shape index (κ2) is 5.81. The van der Waals surface area contributed by atoms with Gasteiger partial charge in [-0.2, -0.15) is 0 Å². The van der Waals surface area contributed by atoms with E-state index < -0.39 is 0 Å². The molecule has 17 heavy (non-hydrogen) atoms. The van der Waals surface area contributed by atoms with Crippen molar-refractivity contribution in [3.63, 3.8) is 0 Å². The van der Waals surface area contributed by atoms with Crippen molar-refractivity contribution in [3.8, 4) is 0 Å². The zero-order valence-corrected chi connectivity index (χ0v) is 14.4. The molecule has 0 amide bonds. The highest BCUT2D eigenvalue weighted by atomic mass is 79.9. The normalized spacial score (nSPS) is 12.8. The zero-order chi connectivity index (χ0) is 12.6. The van der Waals surface area contributed by atoms with Gasteiger partial charge in [0.25, 0.3) is 0 Å². The standard InChI is InChI=1S/C11H5Br2Cl3S/c12-10(8-4-7(16)11(13)17-8)9-5(14)2-1-3-6(9)15/h1-4,10H. The molecule has 0 aliphatic heterocycles. The summed E-state index contributed by atoms with van der Waals surface area (Å²) in [5.74, 6) is 0. The molecular formula is C11H5Br2Cl3S. The first-order valence-corrected chi connectivity index (χ1v) is 8.19. The van der Waals surface area contributed by atoms with Gasteiger partial charge in [0.05, 0.1) is 13.6 Å². The number of rotatable bonds is 2. The molecule has 0 saturated carbocycles. The van der Waals surface area contributed by atoms with Gasteiger partial charge in [0.2, 0.25) is 0 Å². The smallest absolute Gasteiger partial charge is 0.0887 e. The van der Waals surface area contributed by atoms with Crippen LogP contribution in [0.25, 0.3) is 0 Å². The number of halogens is 5. The quantitative estimate of drug-likeness (QED) is 0.448. The third-order valence-corrected chi connectivity index (χ3v) is 6.62. The third kappa shape index (κ3) is 3.02. The van der Waals surface area contributed by atoms with Crippen LogP contribution in [-0.4, -0.2) is 0 Å². The molecule has 2 rings (SSSR count). The maximum Gasteiger partial charge on any atom is 0.0887 e. The van der Waals surface area contributed by atoms with Crippen LogP contribution in [0.3, 0.4) is 0 Å². The Kier molecular flexibility index (Phi) is 4.84. The molecule has 0 nitrogen and oxygen atoms in total. The number of thiophene rings is 1. The van der Waals surface area contributed by atoms with E-state index in [4.69, 9.17) is 34.8 Å². The molecule has 0 saturated heterocycles. The summed E-state index contributed by atoms with van der Waals surface area (Å²) < 4.78 is 0.904. The van der Waals surface area contributed by atoms with Crippen molar-refractivity contribution in [1.29, 1.82) is 0 Å². The molecule has 1 unspecified atom stereocenters. The summed E-state index contributed by atoms with van der Waals surface area (Å²) in [5, 5.41) is 1.97. The van der Waals surface area contributed by atoms with Crippen LogP contribution < -0.4 is 0 Å². The van der Waals surface area contributed by atoms with E-state index in [0.717, 1.165) is 14.2 Å². The number of benzene rings is 1. The van der Waals surface area contributed by atoms with Crippen LogP contribution in [0.5, 0.6) is 0 Å². The topological polar surface area (TPSA) is 0 Å². The molecule has 0 aliphatic carbocycles. The van der Waals surface area contributed by atoms with E-state index in [1.54, 1.807) is 11.3 Å². The van der Waals surface area contributed by atoms with Crippen LogP contribution in [0.2, 0.25) is 15.1 Å². The maximum absolute atomic E-state index is 6.17. The molecule has 0 radical (unpaired) electrons. The van der Waals surface area contributed by atoms with Gasteiger partial charge < -0.3 is 0 Å².